The number of non-ortho nitro benzene ring substituents is 1. The molecule has 11 heteroatoms. The first-order chi connectivity index (χ1) is 13.0. The molecule has 0 spiro atoms. The lowest BCUT2D eigenvalue weighted by atomic mass is 10.2. The van der Waals surface area contributed by atoms with E-state index in [2.05, 4.69) is 9.47 Å². The second-order valence-electron chi connectivity index (χ2n) is 5.15. The van der Waals surface area contributed by atoms with Crippen LogP contribution in [0.4, 0.5) is 23.2 Å². The highest BCUT2D eigenvalue weighted by Crippen LogP contribution is 2.29. The molecule has 0 heterocycles. The average molecular weight is 403 g/mol. The van der Waals surface area contributed by atoms with Crippen molar-refractivity contribution in [1.82, 2.24) is 0 Å². The maximum Gasteiger partial charge on any atom is 0.308 e. The average Bonchev–Trinajstić information content (AvgIpc) is 2.62. The molecule has 2 rings (SSSR count). The molecule has 0 atom stereocenters. The summed E-state index contributed by atoms with van der Waals surface area (Å²) < 4.78 is 60.5. The fourth-order valence-electron chi connectivity index (χ4n) is 1.76. The van der Waals surface area contributed by atoms with Gasteiger partial charge in [0.25, 0.3) is 5.69 Å². The number of hydrogen-bond acceptors (Lipinski definition) is 6. The molecular weight excluding hydrogens is 390 g/mol. The van der Waals surface area contributed by atoms with Gasteiger partial charge in [0.15, 0.2) is 11.6 Å². The van der Waals surface area contributed by atoms with Crippen molar-refractivity contribution in [1.29, 1.82) is 0 Å². The van der Waals surface area contributed by atoms with Gasteiger partial charge in [-0.3, -0.25) is 19.7 Å². The van der Waals surface area contributed by atoms with Crippen LogP contribution in [0, 0.1) is 40.3 Å². The zero-order valence-corrected chi connectivity index (χ0v) is 14.7. The van der Waals surface area contributed by atoms with Crippen LogP contribution in [0.3, 0.4) is 0 Å². The van der Waals surface area contributed by atoms with Crippen LogP contribution in [-0.4, -0.2) is 16.9 Å². The minimum atomic E-state index is -1.72. The summed E-state index contributed by atoms with van der Waals surface area (Å²) in [5.74, 6) is -9.18. The van der Waals surface area contributed by atoms with E-state index in [0.717, 1.165) is 13.8 Å². The first-order valence-corrected chi connectivity index (χ1v) is 7.39. The van der Waals surface area contributed by atoms with Gasteiger partial charge in [-0.1, -0.05) is 0 Å². The fourth-order valence-corrected chi connectivity index (χ4v) is 1.76. The van der Waals surface area contributed by atoms with Gasteiger partial charge in [0, 0.05) is 31.5 Å². The molecule has 0 bridgehead atoms. The molecule has 7 nitrogen and oxygen atoms in total. The van der Waals surface area contributed by atoms with Crippen LogP contribution in [0.15, 0.2) is 24.3 Å². The third kappa shape index (κ3) is 5.76. The van der Waals surface area contributed by atoms with E-state index >= 15 is 0 Å². The lowest BCUT2D eigenvalue weighted by Crippen LogP contribution is -2.09. The monoisotopic (exact) mass is 403 g/mol. The summed E-state index contributed by atoms with van der Waals surface area (Å²) in [7, 11) is 0. The minimum absolute atomic E-state index is 0.0316. The normalized spacial score (nSPS) is 9.82. The van der Waals surface area contributed by atoms with Gasteiger partial charge in [-0.15, -0.1) is 0 Å². The minimum Gasteiger partial charge on any atom is -0.427 e. The van der Waals surface area contributed by atoms with Gasteiger partial charge in [0.05, 0.1) is 4.92 Å². The highest BCUT2D eigenvalue weighted by molar-refractivity contribution is 5.69. The third-order valence-corrected chi connectivity index (χ3v) is 3.00. The van der Waals surface area contributed by atoms with E-state index in [-0.39, 0.29) is 5.69 Å². The molecule has 0 aliphatic heterocycles. The quantitative estimate of drug-likeness (QED) is 0.192. The summed E-state index contributed by atoms with van der Waals surface area (Å²) >= 11 is 0. The van der Waals surface area contributed by atoms with E-state index < -0.39 is 51.4 Å². The molecule has 2 aromatic carbocycles. The van der Waals surface area contributed by atoms with Gasteiger partial charge in [0.2, 0.25) is 17.4 Å². The van der Waals surface area contributed by atoms with Crippen LogP contribution < -0.4 is 9.47 Å². The predicted octanol–water partition coefficient (Wildman–Crippen LogP) is 4.00. The molecule has 0 amide bonds. The molecule has 0 aromatic heterocycles. The SMILES string of the molecule is CC(=O)Oc1c(F)c(F)c(C)c(F)c1F.CC(=O)Oc1ccc([N+](=O)[O-])cc1. The number of carbonyl (C=O) groups excluding carboxylic acids is 2. The van der Waals surface area contributed by atoms with E-state index in [1.54, 1.807) is 0 Å². The Morgan fingerprint density at radius 3 is 1.64 bits per heavy atom. The Labute approximate surface area is 155 Å². The van der Waals surface area contributed by atoms with Crippen LogP contribution in [0.2, 0.25) is 0 Å². The molecule has 0 N–H and O–H groups in total. The van der Waals surface area contributed by atoms with Gasteiger partial charge < -0.3 is 9.47 Å². The summed E-state index contributed by atoms with van der Waals surface area (Å²) in [5, 5.41) is 10.2. The summed E-state index contributed by atoms with van der Waals surface area (Å²) in [5.41, 5.74) is -0.836. The smallest absolute Gasteiger partial charge is 0.308 e. The Morgan fingerprint density at radius 2 is 1.29 bits per heavy atom. The van der Waals surface area contributed by atoms with E-state index in [4.69, 9.17) is 0 Å². The van der Waals surface area contributed by atoms with Crippen molar-refractivity contribution in [3.63, 3.8) is 0 Å². The van der Waals surface area contributed by atoms with E-state index in [9.17, 15) is 37.3 Å². The number of benzene rings is 2. The van der Waals surface area contributed by atoms with Crippen molar-refractivity contribution in [2.24, 2.45) is 0 Å². The fraction of sp³-hybridized carbons (Fsp3) is 0.176. The standard InChI is InChI=1S/C9H6F4O2.C8H7NO4/c1-3-5(10)7(12)9(15-4(2)14)8(13)6(3)11;1-6(10)13-8-4-2-7(3-5-8)9(11)12/h1-2H3;2-5H,1H3. The van der Waals surface area contributed by atoms with Crippen LogP contribution in [0.25, 0.3) is 0 Å². The summed E-state index contributed by atoms with van der Waals surface area (Å²) in [6.45, 7) is 2.99. The number of rotatable bonds is 3. The van der Waals surface area contributed by atoms with Crippen LogP contribution >= 0.6 is 0 Å². The third-order valence-electron chi connectivity index (χ3n) is 3.00. The number of esters is 2. The van der Waals surface area contributed by atoms with Gasteiger partial charge >= 0.3 is 11.9 Å². The Hall–Kier alpha value is -3.50. The number of carbonyl (C=O) groups is 2. The zero-order valence-electron chi connectivity index (χ0n) is 14.7. The highest BCUT2D eigenvalue weighted by atomic mass is 19.2. The molecule has 0 radical (unpaired) electrons. The first-order valence-electron chi connectivity index (χ1n) is 7.39. The molecular formula is C17H13F4NO6. The molecule has 2 aromatic rings. The number of nitro benzene ring substituents is 1. The van der Waals surface area contributed by atoms with Crippen molar-refractivity contribution in [3.05, 3.63) is 63.2 Å². The largest absolute Gasteiger partial charge is 0.427 e. The summed E-state index contributed by atoms with van der Waals surface area (Å²) in [6.07, 6.45) is 0. The Morgan fingerprint density at radius 1 is 0.857 bits per heavy atom. The van der Waals surface area contributed by atoms with E-state index in [0.29, 0.717) is 5.75 Å². The number of hydrogen-bond donors (Lipinski definition) is 0. The summed E-state index contributed by atoms with van der Waals surface area (Å²) in [4.78, 5) is 30.6. The lowest BCUT2D eigenvalue weighted by molar-refractivity contribution is -0.384. The zero-order chi connectivity index (χ0) is 21.6. The molecule has 0 aliphatic rings. The molecule has 28 heavy (non-hydrogen) atoms. The van der Waals surface area contributed by atoms with Gasteiger partial charge in [-0.2, -0.15) is 8.78 Å². The number of ether oxygens (including phenoxy) is 2. The van der Waals surface area contributed by atoms with E-state index in [1.807, 2.05) is 0 Å². The van der Waals surface area contributed by atoms with Crippen molar-refractivity contribution in [2.75, 3.05) is 0 Å². The molecule has 0 unspecified atom stereocenters. The topological polar surface area (TPSA) is 95.7 Å². The van der Waals surface area contributed by atoms with Crippen molar-refractivity contribution >= 4 is 17.6 Å². The van der Waals surface area contributed by atoms with Gasteiger partial charge in [-0.25, -0.2) is 8.78 Å². The second-order valence-corrected chi connectivity index (χ2v) is 5.15. The van der Waals surface area contributed by atoms with Crippen LogP contribution in [0.1, 0.15) is 19.4 Å². The molecule has 0 fully saturated rings. The van der Waals surface area contributed by atoms with Gasteiger partial charge in [0.1, 0.15) is 5.75 Å². The number of halogens is 4. The second kappa shape index (κ2) is 9.44. The Kier molecular flexibility index (Phi) is 7.60. The lowest BCUT2D eigenvalue weighted by Gasteiger charge is -2.08. The van der Waals surface area contributed by atoms with Crippen molar-refractivity contribution < 1.29 is 41.5 Å². The van der Waals surface area contributed by atoms with Crippen LogP contribution in [0.5, 0.6) is 11.5 Å². The molecule has 0 saturated carbocycles. The van der Waals surface area contributed by atoms with E-state index in [1.165, 1.54) is 31.2 Å². The molecule has 0 saturated heterocycles. The highest BCUT2D eigenvalue weighted by Gasteiger charge is 2.25. The number of nitrogens with zero attached hydrogens (tertiary/aromatic N) is 1. The molecule has 150 valence electrons. The molecule has 0 aliphatic carbocycles. The summed E-state index contributed by atoms with van der Waals surface area (Å²) in [6, 6.07) is 5.30. The van der Waals surface area contributed by atoms with Crippen molar-refractivity contribution in [2.45, 2.75) is 20.8 Å². The van der Waals surface area contributed by atoms with Crippen LogP contribution in [-0.2, 0) is 9.59 Å². The maximum absolute atomic E-state index is 13.0. The Balaban J connectivity index is 0.000000283. The first kappa shape index (κ1) is 22.5. The maximum atomic E-state index is 13.0. The predicted molar refractivity (Wildman–Crippen MR) is 86.7 cm³/mol. The van der Waals surface area contributed by atoms with Gasteiger partial charge in [-0.05, 0) is 19.1 Å². The Bertz CT molecular complexity index is 886. The number of nitro groups is 1. The van der Waals surface area contributed by atoms with Crippen molar-refractivity contribution in [3.8, 4) is 11.5 Å².